The summed E-state index contributed by atoms with van der Waals surface area (Å²) >= 11 is 6.45. The van der Waals surface area contributed by atoms with Crippen LogP contribution < -0.4 is 29.9 Å². The zero-order valence-electron chi connectivity index (χ0n) is 28.2. The fourth-order valence-corrected chi connectivity index (χ4v) is 7.66. The number of rotatable bonds is 11. The second kappa shape index (κ2) is 15.5. The van der Waals surface area contributed by atoms with E-state index < -0.39 is 10.0 Å². The van der Waals surface area contributed by atoms with Crippen LogP contribution in [0, 0.1) is 5.92 Å². The van der Waals surface area contributed by atoms with Crippen LogP contribution in [0.15, 0.2) is 48.7 Å². The molecule has 14 heteroatoms. The highest BCUT2D eigenvalue weighted by molar-refractivity contribution is 7.92. The molecule has 0 aliphatic carbocycles. The Labute approximate surface area is 289 Å². The van der Waals surface area contributed by atoms with Crippen molar-refractivity contribution in [2.24, 2.45) is 5.92 Å². The predicted molar refractivity (Wildman–Crippen MR) is 195 cm³/mol. The van der Waals surface area contributed by atoms with Gasteiger partial charge in [-0.2, -0.15) is 4.98 Å². The molecule has 2 aromatic carbocycles. The minimum Gasteiger partial charge on any atom is -0.494 e. The largest absolute Gasteiger partial charge is 0.494 e. The average Bonchev–Trinajstić information content (AvgIpc) is 3.10. The summed E-state index contributed by atoms with van der Waals surface area (Å²) in [6, 6.07) is 13.9. The molecule has 0 radical (unpaired) electrons. The first kappa shape index (κ1) is 34.5. The standard InChI is InChI=1S/C34H48ClN9O3S/c1-41(48(3,45)46)31-7-5-4-6-29(31)38-33-28(35)23-37-34(40-33)39-30-9-8-27(22-32(30)47-2)43-16-12-26(13-17-43)44-20-18-42(19-21-44)24-25-10-14-36-15-11-25/h4-9,22-23,25-26,36H,10-21,24H2,1-3H3,(H2,37,38,39,40). The van der Waals surface area contributed by atoms with Gasteiger partial charge in [-0.3, -0.25) is 9.21 Å². The van der Waals surface area contributed by atoms with E-state index in [0.717, 1.165) is 49.5 Å². The molecule has 3 aliphatic rings. The highest BCUT2D eigenvalue weighted by Crippen LogP contribution is 2.35. The number of benzene rings is 2. The van der Waals surface area contributed by atoms with Crippen molar-refractivity contribution in [1.29, 1.82) is 0 Å². The minimum atomic E-state index is -3.47. The van der Waals surface area contributed by atoms with Crippen LogP contribution in [-0.2, 0) is 10.0 Å². The van der Waals surface area contributed by atoms with Crippen molar-refractivity contribution in [2.75, 3.05) is 99.2 Å². The number of para-hydroxylation sites is 2. The van der Waals surface area contributed by atoms with Crippen LogP contribution in [0.5, 0.6) is 5.75 Å². The molecule has 0 amide bonds. The molecule has 4 heterocycles. The molecular weight excluding hydrogens is 650 g/mol. The van der Waals surface area contributed by atoms with Crippen molar-refractivity contribution < 1.29 is 13.2 Å². The van der Waals surface area contributed by atoms with Gasteiger partial charge in [0, 0.05) is 70.7 Å². The lowest BCUT2D eigenvalue weighted by Crippen LogP contribution is -2.54. The zero-order valence-corrected chi connectivity index (χ0v) is 29.7. The van der Waals surface area contributed by atoms with Gasteiger partial charge in [-0.05, 0) is 69.0 Å². The third-order valence-corrected chi connectivity index (χ3v) is 11.4. The van der Waals surface area contributed by atoms with Crippen molar-refractivity contribution in [3.8, 4) is 5.75 Å². The fraction of sp³-hybridized carbons (Fsp3) is 0.529. The van der Waals surface area contributed by atoms with Crippen LogP contribution in [0.1, 0.15) is 25.7 Å². The third-order valence-electron chi connectivity index (χ3n) is 9.90. The lowest BCUT2D eigenvalue weighted by Gasteiger charge is -2.44. The van der Waals surface area contributed by atoms with E-state index in [4.69, 9.17) is 16.3 Å². The Hall–Kier alpha value is -3.36. The van der Waals surface area contributed by atoms with E-state index in [1.165, 1.54) is 76.2 Å². The second-order valence-corrected chi connectivity index (χ2v) is 15.4. The summed E-state index contributed by atoms with van der Waals surface area (Å²) in [7, 11) is -0.311. The Morgan fingerprint density at radius 1 is 0.979 bits per heavy atom. The monoisotopic (exact) mass is 697 g/mol. The molecular formula is C34H48ClN9O3S. The minimum absolute atomic E-state index is 0.294. The summed E-state index contributed by atoms with van der Waals surface area (Å²) in [6.45, 7) is 10.4. The number of nitrogens with zero attached hydrogens (tertiary/aromatic N) is 6. The Balaban J connectivity index is 1.05. The number of ether oxygens (including phenoxy) is 1. The Kier molecular flexibility index (Phi) is 11.1. The van der Waals surface area contributed by atoms with Gasteiger partial charge in [0.1, 0.15) is 10.8 Å². The highest BCUT2D eigenvalue weighted by atomic mass is 35.5. The van der Waals surface area contributed by atoms with Crippen molar-refractivity contribution in [3.05, 3.63) is 53.7 Å². The number of hydrogen-bond acceptors (Lipinski definition) is 11. The van der Waals surface area contributed by atoms with E-state index in [1.54, 1.807) is 25.3 Å². The Bertz CT molecular complexity index is 1640. The summed E-state index contributed by atoms with van der Waals surface area (Å²) in [5, 5.41) is 10.2. The topological polar surface area (TPSA) is 118 Å². The molecule has 0 bridgehead atoms. The number of piperazine rings is 1. The lowest BCUT2D eigenvalue weighted by atomic mass is 9.97. The maximum absolute atomic E-state index is 12.2. The molecule has 6 rings (SSSR count). The SMILES string of the molecule is COc1cc(N2CCC(N3CCN(CC4CCNCC4)CC3)CC2)ccc1Nc1ncc(Cl)c(Nc2ccccc2N(C)S(C)(=O)=O)n1. The van der Waals surface area contributed by atoms with Gasteiger partial charge in [0.25, 0.3) is 0 Å². The molecule has 3 aromatic rings. The second-order valence-electron chi connectivity index (χ2n) is 13.0. The van der Waals surface area contributed by atoms with Gasteiger partial charge in [-0.15, -0.1) is 0 Å². The van der Waals surface area contributed by atoms with Crippen molar-refractivity contribution in [3.63, 3.8) is 0 Å². The molecule has 0 unspecified atom stereocenters. The van der Waals surface area contributed by atoms with Crippen molar-refractivity contribution in [2.45, 2.75) is 31.7 Å². The number of piperidine rings is 2. The Morgan fingerprint density at radius 3 is 2.42 bits per heavy atom. The van der Waals surface area contributed by atoms with Crippen LogP contribution in [0.25, 0.3) is 0 Å². The number of aromatic nitrogens is 2. The molecule has 48 heavy (non-hydrogen) atoms. The van der Waals surface area contributed by atoms with E-state index in [2.05, 4.69) is 52.8 Å². The number of nitrogens with one attached hydrogen (secondary N) is 3. The first-order valence-electron chi connectivity index (χ1n) is 16.9. The van der Waals surface area contributed by atoms with E-state index in [9.17, 15) is 8.42 Å². The summed E-state index contributed by atoms with van der Waals surface area (Å²) in [6.07, 6.45) is 7.61. The summed E-state index contributed by atoms with van der Waals surface area (Å²) in [5.74, 6) is 2.20. The number of sulfonamides is 1. The third kappa shape index (κ3) is 8.43. The smallest absolute Gasteiger partial charge is 0.232 e. The van der Waals surface area contributed by atoms with Crippen LogP contribution in [0.2, 0.25) is 5.02 Å². The van der Waals surface area contributed by atoms with Crippen molar-refractivity contribution in [1.82, 2.24) is 25.1 Å². The molecule has 3 N–H and O–H groups in total. The number of methoxy groups -OCH3 is 1. The lowest BCUT2D eigenvalue weighted by molar-refractivity contribution is 0.0728. The molecule has 3 saturated heterocycles. The predicted octanol–water partition coefficient (Wildman–Crippen LogP) is 4.61. The average molecular weight is 698 g/mol. The van der Waals surface area contributed by atoms with Crippen LogP contribution in [-0.4, -0.2) is 114 Å². The molecule has 1 aromatic heterocycles. The van der Waals surface area contributed by atoms with Gasteiger partial charge in [0.15, 0.2) is 5.82 Å². The zero-order chi connectivity index (χ0) is 33.7. The molecule has 12 nitrogen and oxygen atoms in total. The maximum atomic E-state index is 12.2. The van der Waals surface area contributed by atoms with E-state index in [0.29, 0.717) is 40.0 Å². The Morgan fingerprint density at radius 2 is 1.71 bits per heavy atom. The number of halogens is 1. The van der Waals surface area contributed by atoms with Gasteiger partial charge >= 0.3 is 0 Å². The molecule has 0 spiro atoms. The summed E-state index contributed by atoms with van der Waals surface area (Å²) in [5.41, 5.74) is 2.87. The van der Waals surface area contributed by atoms with Gasteiger partial charge in [0.05, 0.1) is 36.6 Å². The first-order valence-corrected chi connectivity index (χ1v) is 19.1. The summed E-state index contributed by atoms with van der Waals surface area (Å²) < 4.78 is 31.4. The number of hydrogen-bond donors (Lipinski definition) is 3. The van der Waals surface area contributed by atoms with E-state index in [1.807, 2.05) is 12.1 Å². The van der Waals surface area contributed by atoms with Crippen molar-refractivity contribution >= 4 is 56.1 Å². The quantitative estimate of drug-likeness (QED) is 0.261. The number of anilines is 6. The summed E-state index contributed by atoms with van der Waals surface area (Å²) in [4.78, 5) is 16.8. The van der Waals surface area contributed by atoms with E-state index in [-0.39, 0.29) is 0 Å². The fourth-order valence-electron chi connectivity index (χ4n) is 7.01. The normalized spacial score (nSPS) is 18.9. The highest BCUT2D eigenvalue weighted by Gasteiger charge is 2.29. The van der Waals surface area contributed by atoms with Gasteiger partial charge in [-0.1, -0.05) is 23.7 Å². The van der Waals surface area contributed by atoms with Gasteiger partial charge < -0.3 is 30.5 Å². The van der Waals surface area contributed by atoms with Gasteiger partial charge in [-0.25, -0.2) is 13.4 Å². The van der Waals surface area contributed by atoms with E-state index >= 15 is 0 Å². The molecule has 0 saturated carbocycles. The molecule has 260 valence electrons. The maximum Gasteiger partial charge on any atom is 0.232 e. The van der Waals surface area contributed by atoms with Gasteiger partial charge in [0.2, 0.25) is 16.0 Å². The van der Waals surface area contributed by atoms with Crippen LogP contribution >= 0.6 is 11.6 Å². The molecule has 3 fully saturated rings. The van der Waals surface area contributed by atoms with Crippen LogP contribution in [0.4, 0.5) is 34.5 Å². The molecule has 0 atom stereocenters. The molecule has 3 aliphatic heterocycles. The van der Waals surface area contributed by atoms with Crippen LogP contribution in [0.3, 0.4) is 0 Å². The first-order chi connectivity index (χ1) is 23.2.